The van der Waals surface area contributed by atoms with Crippen molar-refractivity contribution in [3.05, 3.63) is 35.9 Å². The molecular formula is C16H26ClN3O. The molecule has 2 rings (SSSR count). The molecule has 1 saturated heterocycles. The molecule has 0 bridgehead atoms. The van der Waals surface area contributed by atoms with E-state index in [4.69, 9.17) is 5.73 Å². The second kappa shape index (κ2) is 8.37. The third-order valence-electron chi connectivity index (χ3n) is 4.32. The molecule has 118 valence electrons. The number of hydrogen-bond donors (Lipinski definition) is 1. The standard InChI is InChI=1S/C16H25N3O.ClH/c1-3-19-11-9-14(10-12-19)18(2)16(20)15(17)13-7-5-4-6-8-13;/h4-8,14-15H,3,9-12,17H2,1-2H3;1H. The Bertz CT molecular complexity index is 432. The highest BCUT2D eigenvalue weighted by Crippen LogP contribution is 2.19. The summed E-state index contributed by atoms with van der Waals surface area (Å²) in [5, 5.41) is 0. The summed E-state index contributed by atoms with van der Waals surface area (Å²) in [5.74, 6) is 0.0196. The summed E-state index contributed by atoms with van der Waals surface area (Å²) in [4.78, 5) is 16.8. The number of amides is 1. The fraction of sp³-hybridized carbons (Fsp3) is 0.562. The highest BCUT2D eigenvalue weighted by Gasteiger charge is 2.28. The second-order valence-electron chi connectivity index (χ2n) is 5.50. The van der Waals surface area contributed by atoms with Gasteiger partial charge in [-0.25, -0.2) is 0 Å². The number of nitrogens with two attached hydrogens (primary N) is 1. The van der Waals surface area contributed by atoms with Crippen molar-refractivity contribution in [1.82, 2.24) is 9.80 Å². The SMILES string of the molecule is CCN1CCC(N(C)C(=O)C(N)c2ccccc2)CC1.Cl. The first-order valence-corrected chi connectivity index (χ1v) is 7.43. The number of piperidine rings is 1. The van der Waals surface area contributed by atoms with Gasteiger partial charge in [0.25, 0.3) is 0 Å². The van der Waals surface area contributed by atoms with Gasteiger partial charge in [0.1, 0.15) is 6.04 Å². The van der Waals surface area contributed by atoms with Gasteiger partial charge in [0.15, 0.2) is 0 Å². The van der Waals surface area contributed by atoms with Gasteiger partial charge >= 0.3 is 0 Å². The lowest BCUT2D eigenvalue weighted by Crippen LogP contribution is -2.48. The van der Waals surface area contributed by atoms with Gasteiger partial charge in [-0.2, -0.15) is 0 Å². The van der Waals surface area contributed by atoms with Crippen LogP contribution in [0, 0.1) is 0 Å². The molecule has 1 heterocycles. The summed E-state index contributed by atoms with van der Waals surface area (Å²) in [6.45, 7) is 5.41. The molecule has 1 aliphatic heterocycles. The van der Waals surface area contributed by atoms with Crippen molar-refractivity contribution < 1.29 is 4.79 Å². The zero-order valence-corrected chi connectivity index (χ0v) is 13.7. The molecule has 1 amide bonds. The minimum Gasteiger partial charge on any atom is -0.341 e. The van der Waals surface area contributed by atoms with Gasteiger partial charge in [-0.3, -0.25) is 4.79 Å². The topological polar surface area (TPSA) is 49.6 Å². The Balaban J connectivity index is 0.00000220. The molecule has 2 N–H and O–H groups in total. The minimum absolute atomic E-state index is 0. The Morgan fingerprint density at radius 2 is 1.90 bits per heavy atom. The third kappa shape index (κ3) is 4.43. The number of benzene rings is 1. The van der Waals surface area contributed by atoms with E-state index < -0.39 is 6.04 Å². The maximum Gasteiger partial charge on any atom is 0.244 e. The van der Waals surface area contributed by atoms with E-state index in [1.165, 1.54) is 0 Å². The monoisotopic (exact) mass is 311 g/mol. The lowest BCUT2D eigenvalue weighted by atomic mass is 10.0. The molecule has 0 radical (unpaired) electrons. The first-order valence-electron chi connectivity index (χ1n) is 7.43. The van der Waals surface area contributed by atoms with Crippen LogP contribution in [0.5, 0.6) is 0 Å². The van der Waals surface area contributed by atoms with Crippen molar-refractivity contribution in [3.63, 3.8) is 0 Å². The van der Waals surface area contributed by atoms with E-state index in [0.29, 0.717) is 6.04 Å². The van der Waals surface area contributed by atoms with Crippen molar-refractivity contribution in [2.24, 2.45) is 5.73 Å². The summed E-state index contributed by atoms with van der Waals surface area (Å²) in [6, 6.07) is 9.37. The normalized spacial score (nSPS) is 17.9. The van der Waals surface area contributed by atoms with E-state index in [1.807, 2.05) is 42.3 Å². The number of halogens is 1. The first kappa shape index (κ1) is 18.0. The molecular weight excluding hydrogens is 286 g/mol. The molecule has 1 atom stereocenters. The van der Waals surface area contributed by atoms with Crippen molar-refractivity contribution in [1.29, 1.82) is 0 Å². The lowest BCUT2D eigenvalue weighted by Gasteiger charge is -2.37. The van der Waals surface area contributed by atoms with Crippen LogP contribution in [-0.2, 0) is 4.79 Å². The molecule has 5 heteroatoms. The largest absolute Gasteiger partial charge is 0.341 e. The zero-order chi connectivity index (χ0) is 14.5. The maximum atomic E-state index is 12.5. The van der Waals surface area contributed by atoms with Crippen LogP contribution in [0.15, 0.2) is 30.3 Å². The van der Waals surface area contributed by atoms with E-state index in [1.54, 1.807) is 0 Å². The number of nitrogens with zero attached hydrogens (tertiary/aromatic N) is 2. The highest BCUT2D eigenvalue weighted by molar-refractivity contribution is 5.85. The van der Waals surface area contributed by atoms with Crippen LogP contribution < -0.4 is 5.73 Å². The Morgan fingerprint density at radius 3 is 2.43 bits per heavy atom. The van der Waals surface area contributed by atoms with Crippen LogP contribution >= 0.6 is 12.4 Å². The molecule has 0 saturated carbocycles. The van der Waals surface area contributed by atoms with E-state index in [2.05, 4.69) is 11.8 Å². The summed E-state index contributed by atoms with van der Waals surface area (Å²) in [7, 11) is 1.89. The van der Waals surface area contributed by atoms with Crippen molar-refractivity contribution in [2.45, 2.75) is 31.8 Å². The number of rotatable bonds is 4. The van der Waals surface area contributed by atoms with Crippen LogP contribution in [0.25, 0.3) is 0 Å². The van der Waals surface area contributed by atoms with Gasteiger partial charge in [-0.15, -0.1) is 12.4 Å². The van der Waals surface area contributed by atoms with Gasteiger partial charge in [-0.05, 0) is 24.9 Å². The Hall–Kier alpha value is -1.10. The van der Waals surface area contributed by atoms with Crippen molar-refractivity contribution in [3.8, 4) is 0 Å². The van der Waals surface area contributed by atoms with E-state index in [9.17, 15) is 4.79 Å². The molecule has 0 aliphatic carbocycles. The highest BCUT2D eigenvalue weighted by atomic mass is 35.5. The molecule has 1 aromatic carbocycles. The number of hydrogen-bond acceptors (Lipinski definition) is 3. The summed E-state index contributed by atoms with van der Waals surface area (Å²) >= 11 is 0. The Morgan fingerprint density at radius 1 is 1.33 bits per heavy atom. The Kier molecular flexibility index (Phi) is 7.15. The van der Waals surface area contributed by atoms with Crippen LogP contribution in [0.4, 0.5) is 0 Å². The molecule has 0 aromatic heterocycles. The van der Waals surface area contributed by atoms with E-state index in [0.717, 1.165) is 38.0 Å². The molecule has 1 unspecified atom stereocenters. The number of carbonyl (C=O) groups excluding carboxylic acids is 1. The number of likely N-dealkylation sites (N-methyl/N-ethyl adjacent to an activating group) is 1. The van der Waals surface area contributed by atoms with Crippen LogP contribution in [-0.4, -0.2) is 48.4 Å². The predicted octanol–water partition coefficient (Wildman–Crippen LogP) is 2.05. The predicted molar refractivity (Wildman–Crippen MR) is 88.5 cm³/mol. The zero-order valence-electron chi connectivity index (χ0n) is 12.9. The fourth-order valence-corrected chi connectivity index (χ4v) is 2.83. The molecule has 21 heavy (non-hydrogen) atoms. The van der Waals surface area contributed by atoms with E-state index in [-0.39, 0.29) is 18.3 Å². The minimum atomic E-state index is -0.551. The van der Waals surface area contributed by atoms with Gasteiger partial charge in [0.05, 0.1) is 0 Å². The molecule has 1 fully saturated rings. The molecule has 4 nitrogen and oxygen atoms in total. The van der Waals surface area contributed by atoms with Gasteiger partial charge in [0.2, 0.25) is 5.91 Å². The average molecular weight is 312 g/mol. The quantitative estimate of drug-likeness (QED) is 0.926. The van der Waals surface area contributed by atoms with Gasteiger partial charge in [0, 0.05) is 26.2 Å². The lowest BCUT2D eigenvalue weighted by molar-refractivity contribution is -0.134. The fourth-order valence-electron chi connectivity index (χ4n) is 2.83. The number of likely N-dealkylation sites (tertiary alicyclic amines) is 1. The van der Waals surface area contributed by atoms with E-state index >= 15 is 0 Å². The number of carbonyl (C=O) groups is 1. The second-order valence-corrected chi connectivity index (χ2v) is 5.50. The summed E-state index contributed by atoms with van der Waals surface area (Å²) in [6.07, 6.45) is 2.08. The maximum absolute atomic E-state index is 12.5. The summed E-state index contributed by atoms with van der Waals surface area (Å²) < 4.78 is 0. The van der Waals surface area contributed by atoms with Crippen LogP contribution in [0.3, 0.4) is 0 Å². The van der Waals surface area contributed by atoms with Gasteiger partial charge in [-0.1, -0.05) is 37.3 Å². The molecule has 0 spiro atoms. The van der Waals surface area contributed by atoms with Crippen LogP contribution in [0.1, 0.15) is 31.4 Å². The van der Waals surface area contributed by atoms with Crippen molar-refractivity contribution in [2.75, 3.05) is 26.7 Å². The summed E-state index contributed by atoms with van der Waals surface area (Å²) in [5.41, 5.74) is 6.98. The smallest absolute Gasteiger partial charge is 0.244 e. The van der Waals surface area contributed by atoms with Crippen molar-refractivity contribution >= 4 is 18.3 Å². The third-order valence-corrected chi connectivity index (χ3v) is 4.32. The first-order chi connectivity index (χ1) is 9.63. The Labute approximate surface area is 133 Å². The van der Waals surface area contributed by atoms with Gasteiger partial charge < -0.3 is 15.5 Å². The molecule has 1 aliphatic rings. The average Bonchev–Trinajstić information content (AvgIpc) is 2.53. The molecule has 1 aromatic rings. The van der Waals surface area contributed by atoms with Crippen LogP contribution in [0.2, 0.25) is 0 Å².